The highest BCUT2D eigenvalue weighted by Gasteiger charge is 2.07. The van der Waals surface area contributed by atoms with Gasteiger partial charge in [-0.2, -0.15) is 0 Å². The van der Waals surface area contributed by atoms with Crippen molar-refractivity contribution >= 4 is 32.7 Å². The van der Waals surface area contributed by atoms with Crippen LogP contribution in [0.15, 0.2) is 33.4 Å². The van der Waals surface area contributed by atoms with Crippen molar-refractivity contribution in [2.24, 2.45) is 0 Å². The van der Waals surface area contributed by atoms with Crippen LogP contribution in [0.25, 0.3) is 11.0 Å². The summed E-state index contributed by atoms with van der Waals surface area (Å²) in [7, 11) is 0. The maximum absolute atomic E-state index is 11.0. The number of fused-ring (bicyclic) bond motifs is 1. The van der Waals surface area contributed by atoms with Gasteiger partial charge >= 0.3 is 0 Å². The van der Waals surface area contributed by atoms with E-state index < -0.39 is 0 Å². The maximum atomic E-state index is 11.0. The van der Waals surface area contributed by atoms with Gasteiger partial charge in [0.25, 0.3) is 0 Å². The number of carbonyl (C=O) groups excluding carboxylic acids is 1. The molecule has 72 valence electrons. The van der Waals surface area contributed by atoms with E-state index in [4.69, 9.17) is 4.42 Å². The third-order valence-electron chi connectivity index (χ3n) is 2.06. The largest absolute Gasteiger partial charge is 0.464 e. The molecule has 0 fully saturated rings. The third kappa shape index (κ3) is 1.73. The molecule has 0 saturated carbocycles. The Balaban J connectivity index is 2.55. The summed E-state index contributed by atoms with van der Waals surface area (Å²) in [5, 5.41) is 1.01. The smallest absolute Gasteiger partial charge is 0.134 e. The highest BCUT2D eigenvalue weighted by Crippen LogP contribution is 2.25. The third-order valence-corrected chi connectivity index (χ3v) is 2.55. The van der Waals surface area contributed by atoms with E-state index in [1.54, 1.807) is 13.2 Å². The molecule has 0 aliphatic rings. The zero-order valence-electron chi connectivity index (χ0n) is 7.71. The van der Waals surface area contributed by atoms with Gasteiger partial charge in [-0.05, 0) is 25.1 Å². The van der Waals surface area contributed by atoms with Crippen molar-refractivity contribution in [3.63, 3.8) is 0 Å². The standard InChI is InChI=1S/C11H9BrO2/c1-7(13)4-8-6-14-11-3-2-9(12)5-10(8)11/h2-3,5-6H,4H2,1H3. The van der Waals surface area contributed by atoms with Crippen LogP contribution in [0.1, 0.15) is 12.5 Å². The fourth-order valence-corrected chi connectivity index (χ4v) is 1.82. The maximum Gasteiger partial charge on any atom is 0.134 e. The Morgan fingerprint density at radius 2 is 2.29 bits per heavy atom. The summed E-state index contributed by atoms with van der Waals surface area (Å²) in [6.07, 6.45) is 2.09. The normalized spacial score (nSPS) is 10.7. The monoisotopic (exact) mass is 252 g/mol. The van der Waals surface area contributed by atoms with Crippen molar-refractivity contribution in [2.45, 2.75) is 13.3 Å². The summed E-state index contributed by atoms with van der Waals surface area (Å²) in [5.74, 6) is 0.146. The van der Waals surface area contributed by atoms with E-state index in [9.17, 15) is 4.79 Å². The molecule has 2 aromatic rings. The number of carbonyl (C=O) groups is 1. The minimum Gasteiger partial charge on any atom is -0.464 e. The fourth-order valence-electron chi connectivity index (χ4n) is 1.46. The van der Waals surface area contributed by atoms with Crippen molar-refractivity contribution < 1.29 is 9.21 Å². The molecule has 1 heterocycles. The summed E-state index contributed by atoms with van der Waals surface area (Å²) in [6, 6.07) is 5.78. The lowest BCUT2D eigenvalue weighted by Crippen LogP contribution is -1.94. The Kier molecular flexibility index (Phi) is 2.42. The van der Waals surface area contributed by atoms with Gasteiger partial charge in [0.05, 0.1) is 6.26 Å². The Labute approximate surface area is 90.0 Å². The summed E-state index contributed by atoms with van der Waals surface area (Å²) >= 11 is 3.39. The molecule has 0 bridgehead atoms. The van der Waals surface area contributed by atoms with Gasteiger partial charge in [0.2, 0.25) is 0 Å². The zero-order chi connectivity index (χ0) is 10.1. The van der Waals surface area contributed by atoms with Crippen LogP contribution in [0.5, 0.6) is 0 Å². The summed E-state index contributed by atoms with van der Waals surface area (Å²) in [4.78, 5) is 11.0. The topological polar surface area (TPSA) is 30.2 Å². The second kappa shape index (κ2) is 3.58. The minimum absolute atomic E-state index is 0.146. The van der Waals surface area contributed by atoms with Crippen LogP contribution < -0.4 is 0 Å². The molecule has 0 saturated heterocycles. The zero-order valence-corrected chi connectivity index (χ0v) is 9.30. The summed E-state index contributed by atoms with van der Waals surface area (Å²) < 4.78 is 6.33. The van der Waals surface area contributed by atoms with Crippen LogP contribution in [0.3, 0.4) is 0 Å². The number of halogens is 1. The van der Waals surface area contributed by atoms with Crippen LogP contribution in [-0.4, -0.2) is 5.78 Å². The number of rotatable bonds is 2. The quantitative estimate of drug-likeness (QED) is 0.821. The Hall–Kier alpha value is -1.09. The molecule has 1 aromatic heterocycles. The first-order chi connectivity index (χ1) is 6.66. The van der Waals surface area contributed by atoms with Crippen molar-refractivity contribution in [1.82, 2.24) is 0 Å². The number of furan rings is 1. The molecule has 2 rings (SSSR count). The first kappa shape index (κ1) is 9.46. The highest BCUT2D eigenvalue weighted by atomic mass is 79.9. The van der Waals surface area contributed by atoms with E-state index >= 15 is 0 Å². The lowest BCUT2D eigenvalue weighted by atomic mass is 10.1. The van der Waals surface area contributed by atoms with Crippen LogP contribution in [0, 0.1) is 0 Å². The number of ketones is 1. The second-order valence-corrected chi connectivity index (χ2v) is 4.20. The van der Waals surface area contributed by atoms with Gasteiger partial charge in [-0.3, -0.25) is 4.79 Å². The summed E-state index contributed by atoms with van der Waals surface area (Å²) in [5.41, 5.74) is 1.78. The van der Waals surface area contributed by atoms with Gasteiger partial charge in [0.15, 0.2) is 0 Å². The van der Waals surface area contributed by atoms with E-state index in [0.29, 0.717) is 6.42 Å². The molecular weight excluding hydrogens is 244 g/mol. The van der Waals surface area contributed by atoms with Gasteiger partial charge < -0.3 is 4.42 Å². The van der Waals surface area contributed by atoms with Gasteiger partial charge in [0, 0.05) is 21.8 Å². The Bertz CT molecular complexity index is 485. The van der Waals surface area contributed by atoms with Gasteiger partial charge in [-0.1, -0.05) is 15.9 Å². The highest BCUT2D eigenvalue weighted by molar-refractivity contribution is 9.10. The van der Waals surface area contributed by atoms with Crippen molar-refractivity contribution in [3.8, 4) is 0 Å². The van der Waals surface area contributed by atoms with Crippen LogP contribution in [-0.2, 0) is 11.2 Å². The number of Topliss-reactive ketones (excluding diaryl/α,β-unsaturated/α-hetero) is 1. The van der Waals surface area contributed by atoms with E-state index in [-0.39, 0.29) is 5.78 Å². The lowest BCUT2D eigenvalue weighted by Gasteiger charge is -1.94. The average Bonchev–Trinajstić information content (AvgIpc) is 2.47. The molecule has 1 aromatic carbocycles. The number of hydrogen-bond acceptors (Lipinski definition) is 2. The van der Waals surface area contributed by atoms with E-state index in [2.05, 4.69) is 15.9 Å². The van der Waals surface area contributed by atoms with Gasteiger partial charge in [-0.25, -0.2) is 0 Å². The second-order valence-electron chi connectivity index (χ2n) is 3.28. The fraction of sp³-hybridized carbons (Fsp3) is 0.182. The van der Waals surface area contributed by atoms with E-state index in [0.717, 1.165) is 21.0 Å². The molecule has 0 N–H and O–H groups in total. The average molecular weight is 253 g/mol. The van der Waals surface area contributed by atoms with Crippen molar-refractivity contribution in [3.05, 3.63) is 34.5 Å². The van der Waals surface area contributed by atoms with Gasteiger partial charge in [0.1, 0.15) is 11.4 Å². The molecule has 0 amide bonds. The van der Waals surface area contributed by atoms with E-state index in [1.807, 2.05) is 18.2 Å². The Morgan fingerprint density at radius 1 is 1.50 bits per heavy atom. The first-order valence-corrected chi connectivity index (χ1v) is 5.11. The minimum atomic E-state index is 0.146. The van der Waals surface area contributed by atoms with Crippen LogP contribution in [0.2, 0.25) is 0 Å². The molecule has 3 heteroatoms. The number of hydrogen-bond donors (Lipinski definition) is 0. The first-order valence-electron chi connectivity index (χ1n) is 4.32. The Morgan fingerprint density at radius 3 is 3.00 bits per heavy atom. The molecule has 0 spiro atoms. The van der Waals surface area contributed by atoms with E-state index in [1.165, 1.54) is 0 Å². The number of benzene rings is 1. The molecular formula is C11H9BrO2. The summed E-state index contributed by atoms with van der Waals surface area (Å²) in [6.45, 7) is 1.58. The van der Waals surface area contributed by atoms with Crippen LogP contribution >= 0.6 is 15.9 Å². The van der Waals surface area contributed by atoms with Crippen LogP contribution in [0.4, 0.5) is 0 Å². The SMILES string of the molecule is CC(=O)Cc1coc2ccc(Br)cc12. The molecule has 0 aliphatic carbocycles. The predicted octanol–water partition coefficient (Wildman–Crippen LogP) is 3.33. The van der Waals surface area contributed by atoms with Crippen molar-refractivity contribution in [2.75, 3.05) is 0 Å². The predicted molar refractivity (Wildman–Crippen MR) is 58.3 cm³/mol. The van der Waals surface area contributed by atoms with Crippen molar-refractivity contribution in [1.29, 1.82) is 0 Å². The molecule has 0 unspecified atom stereocenters. The molecule has 0 radical (unpaired) electrons. The molecule has 0 aliphatic heterocycles. The molecule has 2 nitrogen and oxygen atoms in total. The lowest BCUT2D eigenvalue weighted by molar-refractivity contribution is -0.116. The molecule has 0 atom stereocenters. The van der Waals surface area contributed by atoms with Gasteiger partial charge in [-0.15, -0.1) is 0 Å². The molecule has 14 heavy (non-hydrogen) atoms.